The summed E-state index contributed by atoms with van der Waals surface area (Å²) in [5.41, 5.74) is 3.18. The second kappa shape index (κ2) is 7.25. The largest absolute Gasteiger partial charge is 0.507 e. The van der Waals surface area contributed by atoms with Gasteiger partial charge in [-0.15, -0.1) is 0 Å². The van der Waals surface area contributed by atoms with Crippen LogP contribution >= 0.6 is 0 Å². The third kappa shape index (κ3) is 3.57. The van der Waals surface area contributed by atoms with E-state index in [-0.39, 0.29) is 11.3 Å². The molecule has 3 aromatic rings. The maximum absolute atomic E-state index is 12.6. The molecule has 4 rings (SSSR count). The number of rotatable bonds is 4. The Morgan fingerprint density at radius 3 is 2.78 bits per heavy atom. The highest BCUT2D eigenvalue weighted by atomic mass is 16.5. The molecular formula is C21H21N3O3. The number of nitrogens with zero attached hydrogens (tertiary/aromatic N) is 2. The molecule has 6 nitrogen and oxygen atoms in total. The Hall–Kier alpha value is -3.12. The lowest BCUT2D eigenvalue weighted by Gasteiger charge is -2.28. The fourth-order valence-corrected chi connectivity index (χ4v) is 3.39. The number of ether oxygens (including phenoxy) is 1. The summed E-state index contributed by atoms with van der Waals surface area (Å²) in [7, 11) is 1.57. The van der Waals surface area contributed by atoms with Crippen molar-refractivity contribution in [2.45, 2.75) is 19.5 Å². The van der Waals surface area contributed by atoms with E-state index in [1.54, 1.807) is 13.2 Å². The Kier molecular flexibility index (Phi) is 4.64. The Morgan fingerprint density at radius 1 is 1.22 bits per heavy atom. The molecule has 0 fully saturated rings. The Morgan fingerprint density at radius 2 is 2.04 bits per heavy atom. The normalized spacial score (nSPS) is 14.0. The summed E-state index contributed by atoms with van der Waals surface area (Å²) in [5.74, 6) is 1.43. The number of nitrogens with one attached hydrogen (secondary N) is 1. The van der Waals surface area contributed by atoms with E-state index in [4.69, 9.17) is 4.74 Å². The Labute approximate surface area is 157 Å². The van der Waals surface area contributed by atoms with Crippen molar-refractivity contribution in [3.8, 4) is 22.9 Å². The van der Waals surface area contributed by atoms with Crippen LogP contribution in [0, 0.1) is 0 Å². The van der Waals surface area contributed by atoms with Crippen LogP contribution in [0.25, 0.3) is 11.4 Å². The second-order valence-electron chi connectivity index (χ2n) is 6.66. The number of methoxy groups -OCH3 is 1. The third-order valence-electron chi connectivity index (χ3n) is 4.88. The summed E-state index contributed by atoms with van der Waals surface area (Å²) in [4.78, 5) is 22.3. The molecule has 2 aromatic carbocycles. The number of phenolic OH excluding ortho intramolecular Hbond substituents is 1. The number of aromatic hydroxyl groups is 1. The Bertz CT molecular complexity index is 1010. The van der Waals surface area contributed by atoms with Gasteiger partial charge in [0.25, 0.3) is 5.56 Å². The van der Waals surface area contributed by atoms with Gasteiger partial charge in [0.1, 0.15) is 17.3 Å². The average molecular weight is 363 g/mol. The fraction of sp³-hybridized carbons (Fsp3) is 0.238. The molecule has 2 N–H and O–H groups in total. The molecule has 0 radical (unpaired) electrons. The van der Waals surface area contributed by atoms with Crippen molar-refractivity contribution in [2.75, 3.05) is 13.7 Å². The quantitative estimate of drug-likeness (QED) is 0.745. The summed E-state index contributed by atoms with van der Waals surface area (Å²) in [6.07, 6.45) is 0.704. The molecule has 27 heavy (non-hydrogen) atoms. The molecule has 2 heterocycles. The van der Waals surface area contributed by atoms with Gasteiger partial charge >= 0.3 is 0 Å². The molecule has 0 spiro atoms. The monoisotopic (exact) mass is 363 g/mol. The van der Waals surface area contributed by atoms with Gasteiger partial charge in [0.15, 0.2) is 0 Å². The first-order valence-electron chi connectivity index (χ1n) is 8.90. The van der Waals surface area contributed by atoms with E-state index in [1.165, 1.54) is 0 Å². The number of phenols is 1. The summed E-state index contributed by atoms with van der Waals surface area (Å²) in [5, 5.41) is 10.2. The minimum absolute atomic E-state index is 0.0949. The molecule has 0 bridgehead atoms. The molecule has 1 aliphatic heterocycles. The first kappa shape index (κ1) is 17.3. The van der Waals surface area contributed by atoms with E-state index in [0.717, 1.165) is 23.4 Å². The zero-order valence-corrected chi connectivity index (χ0v) is 15.1. The van der Waals surface area contributed by atoms with Gasteiger partial charge in [0, 0.05) is 43.2 Å². The molecule has 0 atom stereocenters. The molecular weight excluding hydrogens is 342 g/mol. The molecule has 0 aliphatic carbocycles. The van der Waals surface area contributed by atoms with Crippen molar-refractivity contribution in [1.82, 2.24) is 14.9 Å². The van der Waals surface area contributed by atoms with Crippen molar-refractivity contribution in [2.24, 2.45) is 0 Å². The smallest absolute Gasteiger partial charge is 0.255 e. The maximum Gasteiger partial charge on any atom is 0.255 e. The second-order valence-corrected chi connectivity index (χ2v) is 6.66. The topological polar surface area (TPSA) is 78.5 Å². The third-order valence-corrected chi connectivity index (χ3v) is 4.88. The number of fused-ring (bicyclic) bond motifs is 1. The average Bonchev–Trinajstić information content (AvgIpc) is 2.70. The van der Waals surface area contributed by atoms with Crippen LogP contribution in [0.4, 0.5) is 0 Å². The predicted molar refractivity (Wildman–Crippen MR) is 103 cm³/mol. The Balaban J connectivity index is 1.56. The summed E-state index contributed by atoms with van der Waals surface area (Å²) in [6, 6.07) is 15.0. The number of aromatic nitrogens is 2. The minimum Gasteiger partial charge on any atom is -0.507 e. The number of H-pyrrole nitrogens is 1. The van der Waals surface area contributed by atoms with Crippen LogP contribution in [-0.2, 0) is 19.5 Å². The summed E-state index contributed by atoms with van der Waals surface area (Å²) < 4.78 is 5.12. The summed E-state index contributed by atoms with van der Waals surface area (Å²) in [6.45, 7) is 1.86. The maximum atomic E-state index is 12.6. The van der Waals surface area contributed by atoms with E-state index in [1.807, 2.05) is 42.5 Å². The van der Waals surface area contributed by atoms with E-state index in [2.05, 4.69) is 14.9 Å². The number of hydrogen-bond donors (Lipinski definition) is 2. The van der Waals surface area contributed by atoms with Gasteiger partial charge < -0.3 is 14.8 Å². The lowest BCUT2D eigenvalue weighted by molar-refractivity contribution is 0.238. The van der Waals surface area contributed by atoms with E-state index in [0.29, 0.717) is 36.6 Å². The van der Waals surface area contributed by atoms with E-state index >= 15 is 0 Å². The SMILES string of the molecule is COc1ccc(CN2CCc3nc(-c4ccccc4)[nH]c(=O)c3C2)c(O)c1. The first-order valence-corrected chi connectivity index (χ1v) is 8.90. The van der Waals surface area contributed by atoms with Crippen molar-refractivity contribution in [3.63, 3.8) is 0 Å². The van der Waals surface area contributed by atoms with Gasteiger partial charge in [-0.25, -0.2) is 4.98 Å². The van der Waals surface area contributed by atoms with Crippen LogP contribution in [0.2, 0.25) is 0 Å². The van der Waals surface area contributed by atoms with Gasteiger partial charge in [-0.3, -0.25) is 9.69 Å². The standard InChI is InChI=1S/C21H21N3O3/c1-27-16-8-7-15(19(25)11-16)12-24-10-9-18-17(13-24)21(26)23-20(22-18)14-5-3-2-4-6-14/h2-8,11,25H,9-10,12-13H2,1H3,(H,22,23,26). The van der Waals surface area contributed by atoms with Gasteiger partial charge in [0.2, 0.25) is 0 Å². The van der Waals surface area contributed by atoms with Crippen LogP contribution in [0.1, 0.15) is 16.8 Å². The molecule has 1 aromatic heterocycles. The van der Waals surface area contributed by atoms with Gasteiger partial charge in [-0.2, -0.15) is 0 Å². The van der Waals surface area contributed by atoms with Gasteiger partial charge in [-0.1, -0.05) is 36.4 Å². The first-order chi connectivity index (χ1) is 13.1. The van der Waals surface area contributed by atoms with E-state index in [9.17, 15) is 9.90 Å². The minimum atomic E-state index is -0.0949. The molecule has 0 unspecified atom stereocenters. The van der Waals surface area contributed by atoms with Crippen molar-refractivity contribution in [3.05, 3.63) is 75.7 Å². The van der Waals surface area contributed by atoms with Crippen LogP contribution in [-0.4, -0.2) is 33.6 Å². The lowest BCUT2D eigenvalue weighted by atomic mass is 10.0. The predicted octanol–water partition coefficient (Wildman–Crippen LogP) is 2.71. The zero-order chi connectivity index (χ0) is 18.8. The lowest BCUT2D eigenvalue weighted by Crippen LogP contribution is -2.35. The highest BCUT2D eigenvalue weighted by Crippen LogP contribution is 2.26. The highest BCUT2D eigenvalue weighted by Gasteiger charge is 2.22. The molecule has 0 saturated heterocycles. The van der Waals surface area contributed by atoms with Crippen LogP contribution < -0.4 is 10.3 Å². The number of aromatic amines is 1. The van der Waals surface area contributed by atoms with Crippen molar-refractivity contribution in [1.29, 1.82) is 0 Å². The zero-order valence-electron chi connectivity index (χ0n) is 15.1. The van der Waals surface area contributed by atoms with Crippen LogP contribution in [0.15, 0.2) is 53.3 Å². The molecule has 0 saturated carbocycles. The molecule has 138 valence electrons. The van der Waals surface area contributed by atoms with Crippen molar-refractivity contribution < 1.29 is 9.84 Å². The fourth-order valence-electron chi connectivity index (χ4n) is 3.39. The van der Waals surface area contributed by atoms with Gasteiger partial charge in [-0.05, 0) is 6.07 Å². The van der Waals surface area contributed by atoms with Crippen LogP contribution in [0.3, 0.4) is 0 Å². The molecule has 0 amide bonds. The van der Waals surface area contributed by atoms with Crippen molar-refractivity contribution >= 4 is 0 Å². The van der Waals surface area contributed by atoms with E-state index < -0.39 is 0 Å². The number of benzene rings is 2. The van der Waals surface area contributed by atoms with Gasteiger partial charge in [0.05, 0.1) is 18.4 Å². The number of hydrogen-bond acceptors (Lipinski definition) is 5. The molecule has 6 heteroatoms. The summed E-state index contributed by atoms with van der Waals surface area (Å²) >= 11 is 0. The van der Waals surface area contributed by atoms with Crippen LogP contribution in [0.5, 0.6) is 11.5 Å². The highest BCUT2D eigenvalue weighted by molar-refractivity contribution is 5.54. The molecule has 1 aliphatic rings.